The molecule has 1 unspecified atom stereocenters. The molecule has 31 heavy (non-hydrogen) atoms. The molecule has 0 spiro atoms. The van der Waals surface area contributed by atoms with Gasteiger partial charge in [0.05, 0.1) is 20.1 Å². The van der Waals surface area contributed by atoms with Crippen LogP contribution in [0.3, 0.4) is 0 Å². The first kappa shape index (κ1) is 22.6. The fourth-order valence-corrected chi connectivity index (χ4v) is 4.31. The van der Waals surface area contributed by atoms with Crippen LogP contribution in [0, 0.1) is 0 Å². The number of rotatable bonds is 8. The van der Waals surface area contributed by atoms with Gasteiger partial charge in [-0.25, -0.2) is 0 Å². The Morgan fingerprint density at radius 3 is 2.58 bits per heavy atom. The number of carbonyl (C=O) groups is 2. The molecule has 3 rings (SSSR count). The number of hydrogen-bond donors (Lipinski definition) is 1. The zero-order valence-electron chi connectivity index (χ0n) is 17.8. The predicted octanol–water partition coefficient (Wildman–Crippen LogP) is 3.66. The minimum absolute atomic E-state index is 0.174. The van der Waals surface area contributed by atoms with Crippen molar-refractivity contribution >= 4 is 35.3 Å². The molecule has 7 nitrogen and oxygen atoms in total. The molecule has 0 radical (unpaired) electrons. The molecule has 1 aliphatic heterocycles. The van der Waals surface area contributed by atoms with Crippen LogP contribution in [0.25, 0.3) is 6.08 Å². The van der Waals surface area contributed by atoms with Gasteiger partial charge in [0.1, 0.15) is 11.8 Å². The molecule has 2 aromatic carbocycles. The SMILES string of the molecule is C/C=C/c1ccc(OCC(=O)N2CSCC2C(=O)Nc2ccc(OC)cc2)c(OC)c1. The molecule has 0 saturated carbocycles. The molecule has 0 bridgehead atoms. The van der Waals surface area contributed by atoms with Gasteiger partial charge in [-0.05, 0) is 48.9 Å². The largest absolute Gasteiger partial charge is 0.497 e. The third-order valence-electron chi connectivity index (χ3n) is 4.76. The standard InChI is InChI=1S/C23H26N2O5S/c1-4-5-16-6-11-20(21(12-16)29-3)30-13-22(26)25-15-31-14-19(25)23(27)24-17-7-9-18(28-2)10-8-17/h4-12,19H,13-15H2,1-3H3,(H,24,27)/b5-4+. The normalized spacial score (nSPS) is 15.7. The van der Waals surface area contributed by atoms with Crippen molar-refractivity contribution in [1.82, 2.24) is 4.90 Å². The fourth-order valence-electron chi connectivity index (χ4n) is 3.13. The van der Waals surface area contributed by atoms with Gasteiger partial charge in [-0.1, -0.05) is 18.2 Å². The summed E-state index contributed by atoms with van der Waals surface area (Å²) in [6.07, 6.45) is 3.88. The third kappa shape index (κ3) is 5.73. The van der Waals surface area contributed by atoms with E-state index in [-0.39, 0.29) is 18.4 Å². The number of methoxy groups -OCH3 is 2. The lowest BCUT2D eigenvalue weighted by molar-refractivity contribution is -0.137. The van der Waals surface area contributed by atoms with Gasteiger partial charge in [-0.2, -0.15) is 0 Å². The summed E-state index contributed by atoms with van der Waals surface area (Å²) in [5.74, 6) is 2.24. The summed E-state index contributed by atoms with van der Waals surface area (Å²) in [7, 11) is 3.14. The first-order valence-electron chi connectivity index (χ1n) is 9.81. The van der Waals surface area contributed by atoms with Crippen LogP contribution in [0.1, 0.15) is 12.5 Å². The van der Waals surface area contributed by atoms with Crippen molar-refractivity contribution in [3.8, 4) is 17.2 Å². The van der Waals surface area contributed by atoms with Gasteiger partial charge in [0.25, 0.3) is 5.91 Å². The van der Waals surface area contributed by atoms with E-state index in [0.29, 0.717) is 34.6 Å². The second kappa shape index (κ2) is 10.8. The zero-order valence-corrected chi connectivity index (χ0v) is 18.6. The number of anilines is 1. The van der Waals surface area contributed by atoms with Gasteiger partial charge in [-0.3, -0.25) is 9.59 Å². The first-order valence-corrected chi connectivity index (χ1v) is 11.0. The number of allylic oxidation sites excluding steroid dienone is 1. The van der Waals surface area contributed by atoms with E-state index in [2.05, 4.69) is 5.32 Å². The van der Waals surface area contributed by atoms with Gasteiger partial charge in [0.15, 0.2) is 18.1 Å². The first-order chi connectivity index (χ1) is 15.0. The van der Waals surface area contributed by atoms with Crippen molar-refractivity contribution in [1.29, 1.82) is 0 Å². The minimum atomic E-state index is -0.554. The number of thioether (sulfide) groups is 1. The molecule has 164 valence electrons. The van der Waals surface area contributed by atoms with Gasteiger partial charge >= 0.3 is 0 Å². The van der Waals surface area contributed by atoms with Crippen molar-refractivity contribution in [2.75, 3.05) is 37.8 Å². The predicted molar refractivity (Wildman–Crippen MR) is 123 cm³/mol. The monoisotopic (exact) mass is 442 g/mol. The molecule has 1 N–H and O–H groups in total. The van der Waals surface area contributed by atoms with E-state index in [1.807, 2.05) is 31.2 Å². The van der Waals surface area contributed by atoms with Crippen LogP contribution >= 0.6 is 11.8 Å². The summed E-state index contributed by atoms with van der Waals surface area (Å²) in [5.41, 5.74) is 1.63. The van der Waals surface area contributed by atoms with Crippen LogP contribution in [0.4, 0.5) is 5.69 Å². The lowest BCUT2D eigenvalue weighted by Crippen LogP contribution is -2.46. The number of nitrogens with zero attached hydrogens (tertiary/aromatic N) is 1. The summed E-state index contributed by atoms with van der Waals surface area (Å²) in [5, 5.41) is 2.86. The van der Waals surface area contributed by atoms with Crippen molar-refractivity contribution in [3.05, 3.63) is 54.1 Å². The highest BCUT2D eigenvalue weighted by Gasteiger charge is 2.35. The van der Waals surface area contributed by atoms with E-state index < -0.39 is 6.04 Å². The average molecular weight is 443 g/mol. The van der Waals surface area contributed by atoms with Crippen LogP contribution in [-0.2, 0) is 9.59 Å². The van der Waals surface area contributed by atoms with E-state index in [4.69, 9.17) is 14.2 Å². The highest BCUT2D eigenvalue weighted by atomic mass is 32.2. The summed E-state index contributed by atoms with van der Waals surface area (Å²) < 4.78 is 16.2. The number of nitrogens with one attached hydrogen (secondary N) is 1. The second-order valence-electron chi connectivity index (χ2n) is 6.80. The van der Waals surface area contributed by atoms with E-state index in [9.17, 15) is 9.59 Å². The summed E-state index contributed by atoms with van der Waals surface area (Å²) in [6, 6.07) is 12.0. The summed E-state index contributed by atoms with van der Waals surface area (Å²) in [4.78, 5) is 27.1. The summed E-state index contributed by atoms with van der Waals surface area (Å²) in [6.45, 7) is 1.76. The van der Waals surface area contributed by atoms with Crippen LogP contribution in [0.5, 0.6) is 17.2 Å². The quantitative estimate of drug-likeness (QED) is 0.672. The molecule has 2 amide bonds. The van der Waals surface area contributed by atoms with Crippen LogP contribution in [0.2, 0.25) is 0 Å². The molecule has 1 aliphatic rings. The van der Waals surface area contributed by atoms with Crippen LogP contribution in [0.15, 0.2) is 48.5 Å². The van der Waals surface area contributed by atoms with Gasteiger partial charge < -0.3 is 24.4 Å². The lowest BCUT2D eigenvalue weighted by atomic mass is 10.2. The molecule has 8 heteroatoms. The van der Waals surface area contributed by atoms with Crippen LogP contribution in [-0.4, -0.2) is 55.2 Å². The highest BCUT2D eigenvalue weighted by molar-refractivity contribution is 7.99. The summed E-state index contributed by atoms with van der Waals surface area (Å²) >= 11 is 1.54. The molecule has 1 heterocycles. The molecule has 1 saturated heterocycles. The number of ether oxygens (including phenoxy) is 3. The zero-order chi connectivity index (χ0) is 22.2. The fraction of sp³-hybridized carbons (Fsp3) is 0.304. The van der Waals surface area contributed by atoms with E-state index in [1.165, 1.54) is 11.8 Å². The van der Waals surface area contributed by atoms with Crippen molar-refractivity contribution < 1.29 is 23.8 Å². The minimum Gasteiger partial charge on any atom is -0.497 e. The Bertz CT molecular complexity index is 945. The maximum absolute atomic E-state index is 12.8. The van der Waals surface area contributed by atoms with Crippen LogP contribution < -0.4 is 19.5 Å². The maximum atomic E-state index is 12.8. The smallest absolute Gasteiger partial charge is 0.261 e. The molecule has 2 aromatic rings. The number of benzene rings is 2. The Morgan fingerprint density at radius 1 is 1.13 bits per heavy atom. The average Bonchev–Trinajstić information content (AvgIpc) is 3.29. The number of hydrogen-bond acceptors (Lipinski definition) is 6. The Balaban J connectivity index is 1.61. The number of carbonyl (C=O) groups excluding carboxylic acids is 2. The van der Waals surface area contributed by atoms with E-state index >= 15 is 0 Å². The second-order valence-corrected chi connectivity index (χ2v) is 7.80. The van der Waals surface area contributed by atoms with Gasteiger partial charge in [-0.15, -0.1) is 11.8 Å². The molecule has 0 aliphatic carbocycles. The van der Waals surface area contributed by atoms with Gasteiger partial charge in [0.2, 0.25) is 5.91 Å². The van der Waals surface area contributed by atoms with E-state index in [1.54, 1.807) is 49.5 Å². The van der Waals surface area contributed by atoms with Gasteiger partial charge in [0, 0.05) is 11.4 Å². The molecular weight excluding hydrogens is 416 g/mol. The molecular formula is C23H26N2O5S. The Hall–Kier alpha value is -3.13. The lowest BCUT2D eigenvalue weighted by Gasteiger charge is -2.23. The van der Waals surface area contributed by atoms with Crippen molar-refractivity contribution in [2.24, 2.45) is 0 Å². The number of amides is 2. The molecule has 1 fully saturated rings. The van der Waals surface area contributed by atoms with E-state index in [0.717, 1.165) is 5.56 Å². The maximum Gasteiger partial charge on any atom is 0.261 e. The molecule has 0 aromatic heterocycles. The Labute approximate surface area is 186 Å². The topological polar surface area (TPSA) is 77.1 Å². The Kier molecular flexibility index (Phi) is 7.83. The highest BCUT2D eigenvalue weighted by Crippen LogP contribution is 2.29. The van der Waals surface area contributed by atoms with Crippen molar-refractivity contribution in [2.45, 2.75) is 13.0 Å². The van der Waals surface area contributed by atoms with Crippen molar-refractivity contribution in [3.63, 3.8) is 0 Å². The third-order valence-corrected chi connectivity index (χ3v) is 5.77. The molecule has 1 atom stereocenters. The Morgan fingerprint density at radius 2 is 1.90 bits per heavy atom.